The number of fused-ring (bicyclic) bond motifs is 1. The molecule has 1 aliphatic rings. The van der Waals surface area contributed by atoms with Crippen LogP contribution in [0.25, 0.3) is 22.2 Å². The molecular formula is C21H18F2N2O2. The van der Waals surface area contributed by atoms with E-state index < -0.39 is 11.6 Å². The summed E-state index contributed by atoms with van der Waals surface area (Å²) in [7, 11) is 0. The van der Waals surface area contributed by atoms with Gasteiger partial charge in [-0.3, -0.25) is 4.79 Å². The van der Waals surface area contributed by atoms with Crippen LogP contribution in [-0.2, 0) is 0 Å². The maximum atomic E-state index is 14.3. The number of hydrogen-bond donors (Lipinski definition) is 1. The molecule has 0 unspecified atom stereocenters. The lowest BCUT2D eigenvalue weighted by Crippen LogP contribution is -2.37. The van der Waals surface area contributed by atoms with Crippen LogP contribution in [0.5, 0.6) is 0 Å². The fourth-order valence-corrected chi connectivity index (χ4v) is 3.63. The van der Waals surface area contributed by atoms with Crippen LogP contribution in [0.15, 0.2) is 48.5 Å². The second-order valence-corrected chi connectivity index (χ2v) is 6.67. The first-order chi connectivity index (χ1) is 13.1. The summed E-state index contributed by atoms with van der Waals surface area (Å²) in [5.41, 5.74) is 1.12. The van der Waals surface area contributed by atoms with Crippen molar-refractivity contribution in [2.45, 2.75) is 18.9 Å². The van der Waals surface area contributed by atoms with Crippen LogP contribution < -0.4 is 0 Å². The Hall–Kier alpha value is -2.86. The normalized spacial score (nSPS) is 16.9. The molecule has 1 atom stereocenters. The van der Waals surface area contributed by atoms with Crippen molar-refractivity contribution in [1.82, 2.24) is 9.88 Å². The molecule has 0 saturated carbocycles. The molecule has 0 radical (unpaired) electrons. The summed E-state index contributed by atoms with van der Waals surface area (Å²) < 4.78 is 27.9. The Balaban J connectivity index is 1.89. The largest absolute Gasteiger partial charge is 0.394 e. The smallest absolute Gasteiger partial charge is 0.254 e. The Labute approximate surface area is 155 Å². The van der Waals surface area contributed by atoms with Crippen molar-refractivity contribution in [2.24, 2.45) is 0 Å². The molecule has 6 heteroatoms. The summed E-state index contributed by atoms with van der Waals surface area (Å²) >= 11 is 0. The van der Waals surface area contributed by atoms with Crippen LogP contribution in [0.2, 0.25) is 0 Å². The molecule has 0 spiro atoms. The van der Waals surface area contributed by atoms with Crippen LogP contribution in [-0.4, -0.2) is 40.1 Å². The topological polar surface area (TPSA) is 53.4 Å². The molecule has 1 amide bonds. The average molecular weight is 368 g/mol. The van der Waals surface area contributed by atoms with Gasteiger partial charge in [-0.25, -0.2) is 13.8 Å². The van der Waals surface area contributed by atoms with Gasteiger partial charge < -0.3 is 10.0 Å². The minimum atomic E-state index is -0.605. The Morgan fingerprint density at radius 1 is 1.19 bits per heavy atom. The summed E-state index contributed by atoms with van der Waals surface area (Å²) in [6.45, 7) is 0.463. The standard InChI is InChI=1S/C21H18F2N2O2/c22-13-7-8-18(23)17(10-13)20-11-16(15-5-1-2-6-19(15)24-20)21(27)25-9-3-4-14(25)12-26/h1-2,5-8,10-11,14,26H,3-4,9,12H2/t14-/m0/s1. The number of likely N-dealkylation sites (tertiary alicyclic amines) is 1. The predicted molar refractivity (Wildman–Crippen MR) is 98.2 cm³/mol. The molecule has 0 aliphatic carbocycles. The quantitative estimate of drug-likeness (QED) is 0.766. The fourth-order valence-electron chi connectivity index (χ4n) is 3.63. The van der Waals surface area contributed by atoms with Gasteiger partial charge in [-0.1, -0.05) is 18.2 Å². The zero-order chi connectivity index (χ0) is 19.0. The van der Waals surface area contributed by atoms with Crippen LogP contribution in [0, 0.1) is 11.6 Å². The van der Waals surface area contributed by atoms with Crippen molar-refractivity contribution in [3.05, 3.63) is 65.7 Å². The maximum Gasteiger partial charge on any atom is 0.254 e. The second kappa shape index (κ2) is 7.04. The van der Waals surface area contributed by atoms with E-state index in [1.807, 2.05) is 0 Å². The highest BCUT2D eigenvalue weighted by Crippen LogP contribution is 2.29. The van der Waals surface area contributed by atoms with Crippen LogP contribution >= 0.6 is 0 Å². The van der Waals surface area contributed by atoms with Crippen LogP contribution in [0.4, 0.5) is 8.78 Å². The molecule has 2 aromatic carbocycles. The van der Waals surface area contributed by atoms with Gasteiger partial charge in [0.15, 0.2) is 0 Å². The number of benzene rings is 2. The zero-order valence-corrected chi connectivity index (χ0v) is 14.5. The highest BCUT2D eigenvalue weighted by atomic mass is 19.1. The molecular weight excluding hydrogens is 350 g/mol. The van der Waals surface area contributed by atoms with Crippen molar-refractivity contribution in [2.75, 3.05) is 13.2 Å². The number of hydrogen-bond acceptors (Lipinski definition) is 3. The van der Waals surface area contributed by atoms with E-state index >= 15 is 0 Å². The van der Waals surface area contributed by atoms with E-state index in [9.17, 15) is 18.7 Å². The van der Waals surface area contributed by atoms with Gasteiger partial charge in [0.2, 0.25) is 0 Å². The number of amides is 1. The molecule has 1 aromatic heterocycles. The second-order valence-electron chi connectivity index (χ2n) is 6.67. The minimum absolute atomic E-state index is 0.00920. The molecule has 1 fully saturated rings. The van der Waals surface area contributed by atoms with Crippen LogP contribution in [0.1, 0.15) is 23.2 Å². The van der Waals surface area contributed by atoms with Gasteiger partial charge in [0.25, 0.3) is 5.91 Å². The van der Waals surface area contributed by atoms with E-state index in [1.165, 1.54) is 6.07 Å². The first-order valence-corrected chi connectivity index (χ1v) is 8.85. The maximum absolute atomic E-state index is 14.3. The molecule has 4 nitrogen and oxygen atoms in total. The van der Waals surface area contributed by atoms with Gasteiger partial charge in [0, 0.05) is 17.5 Å². The summed E-state index contributed by atoms with van der Waals surface area (Å²) in [6.07, 6.45) is 1.57. The molecule has 4 rings (SSSR count). The number of pyridine rings is 1. The first-order valence-electron chi connectivity index (χ1n) is 8.85. The lowest BCUT2D eigenvalue weighted by atomic mass is 10.0. The number of rotatable bonds is 3. The third-order valence-corrected chi connectivity index (χ3v) is 5.00. The van der Waals surface area contributed by atoms with E-state index in [-0.39, 0.29) is 29.8 Å². The fraction of sp³-hybridized carbons (Fsp3) is 0.238. The first kappa shape index (κ1) is 17.5. The van der Waals surface area contributed by atoms with E-state index in [1.54, 1.807) is 29.2 Å². The number of para-hydroxylation sites is 1. The third-order valence-electron chi connectivity index (χ3n) is 5.00. The molecule has 2 heterocycles. The van der Waals surface area contributed by atoms with E-state index in [2.05, 4.69) is 4.98 Å². The third kappa shape index (κ3) is 3.17. The molecule has 0 bridgehead atoms. The molecule has 1 aliphatic heterocycles. The van der Waals surface area contributed by atoms with Crippen molar-refractivity contribution in [3.63, 3.8) is 0 Å². The van der Waals surface area contributed by atoms with Crippen molar-refractivity contribution in [1.29, 1.82) is 0 Å². The van der Waals surface area contributed by atoms with Gasteiger partial charge in [-0.15, -0.1) is 0 Å². The lowest BCUT2D eigenvalue weighted by Gasteiger charge is -2.24. The number of halogens is 2. The minimum Gasteiger partial charge on any atom is -0.394 e. The molecule has 3 aromatic rings. The predicted octanol–water partition coefficient (Wildman–Crippen LogP) is 3.78. The number of aliphatic hydroxyl groups is 1. The molecule has 1 saturated heterocycles. The number of carbonyl (C=O) groups is 1. The number of nitrogens with zero attached hydrogens (tertiary/aromatic N) is 2. The number of aromatic nitrogens is 1. The lowest BCUT2D eigenvalue weighted by molar-refractivity contribution is 0.0679. The van der Waals surface area contributed by atoms with E-state index in [0.29, 0.717) is 23.0 Å². The highest BCUT2D eigenvalue weighted by molar-refractivity contribution is 6.07. The van der Waals surface area contributed by atoms with Crippen molar-refractivity contribution in [3.8, 4) is 11.3 Å². The Bertz CT molecular complexity index is 1020. The number of aliphatic hydroxyl groups excluding tert-OH is 1. The highest BCUT2D eigenvalue weighted by Gasteiger charge is 2.30. The van der Waals surface area contributed by atoms with Gasteiger partial charge in [-0.05, 0) is 43.2 Å². The van der Waals surface area contributed by atoms with Gasteiger partial charge in [-0.2, -0.15) is 0 Å². The Kier molecular flexibility index (Phi) is 4.58. The zero-order valence-electron chi connectivity index (χ0n) is 14.5. The molecule has 138 valence electrons. The SMILES string of the molecule is O=C(c1cc(-c2cc(F)ccc2F)nc2ccccc12)N1CCC[C@H]1CO. The molecule has 1 N–H and O–H groups in total. The average Bonchev–Trinajstić information content (AvgIpc) is 3.17. The van der Waals surface area contributed by atoms with Gasteiger partial charge in [0.05, 0.1) is 29.4 Å². The summed E-state index contributed by atoms with van der Waals surface area (Å²) in [5.74, 6) is -1.41. The van der Waals surface area contributed by atoms with Gasteiger partial charge >= 0.3 is 0 Å². The van der Waals surface area contributed by atoms with Crippen molar-refractivity contribution < 1.29 is 18.7 Å². The monoisotopic (exact) mass is 368 g/mol. The Morgan fingerprint density at radius 2 is 2.00 bits per heavy atom. The van der Waals surface area contributed by atoms with Crippen molar-refractivity contribution >= 4 is 16.8 Å². The summed E-state index contributed by atoms with van der Waals surface area (Å²) in [5, 5.41) is 10.2. The van der Waals surface area contributed by atoms with Crippen LogP contribution in [0.3, 0.4) is 0 Å². The van der Waals surface area contributed by atoms with E-state index in [4.69, 9.17) is 0 Å². The Morgan fingerprint density at radius 3 is 2.81 bits per heavy atom. The number of carbonyl (C=O) groups excluding carboxylic acids is 1. The summed E-state index contributed by atoms with van der Waals surface area (Å²) in [4.78, 5) is 19.3. The van der Waals surface area contributed by atoms with Gasteiger partial charge in [0.1, 0.15) is 11.6 Å². The molecule has 27 heavy (non-hydrogen) atoms. The summed E-state index contributed by atoms with van der Waals surface area (Å²) in [6, 6.07) is 11.6. The van der Waals surface area contributed by atoms with E-state index in [0.717, 1.165) is 31.0 Å².